The van der Waals surface area contributed by atoms with Crippen molar-refractivity contribution in [3.8, 4) is 11.3 Å². The number of rotatable bonds is 1. The van der Waals surface area contributed by atoms with Gasteiger partial charge in [-0.25, -0.2) is 5.10 Å². The molecule has 94 valence electrons. The van der Waals surface area contributed by atoms with Crippen molar-refractivity contribution in [2.75, 3.05) is 0 Å². The summed E-state index contributed by atoms with van der Waals surface area (Å²) in [6.07, 6.45) is 1.77. The molecule has 0 saturated carbocycles. The first-order chi connectivity index (χ1) is 9.18. The molecule has 0 bridgehead atoms. The molecule has 3 rings (SSSR count). The number of hydrogen-bond acceptors (Lipinski definition) is 3. The normalized spacial score (nSPS) is 10.8. The van der Waals surface area contributed by atoms with Gasteiger partial charge >= 0.3 is 0 Å². The Balaban J connectivity index is 2.37. The first-order valence-electron chi connectivity index (χ1n) is 6.08. The van der Waals surface area contributed by atoms with Gasteiger partial charge in [-0.1, -0.05) is 18.2 Å². The fourth-order valence-corrected chi connectivity index (χ4v) is 2.19. The molecule has 0 unspecified atom stereocenters. The number of aromatic amines is 1. The molecule has 0 spiro atoms. The van der Waals surface area contributed by atoms with Gasteiger partial charge in [0.15, 0.2) is 0 Å². The summed E-state index contributed by atoms with van der Waals surface area (Å²) in [5.41, 5.74) is 4.17. The van der Waals surface area contributed by atoms with Crippen LogP contribution in [0.4, 0.5) is 0 Å². The van der Waals surface area contributed by atoms with Crippen molar-refractivity contribution < 1.29 is 0 Å². The van der Waals surface area contributed by atoms with Gasteiger partial charge in [0, 0.05) is 22.7 Å². The second kappa shape index (κ2) is 4.31. The van der Waals surface area contributed by atoms with Gasteiger partial charge < -0.3 is 0 Å². The van der Waals surface area contributed by atoms with Crippen molar-refractivity contribution >= 4 is 10.9 Å². The Morgan fingerprint density at radius 2 is 1.89 bits per heavy atom. The first kappa shape index (κ1) is 11.6. The van der Waals surface area contributed by atoms with Crippen LogP contribution in [0.15, 0.2) is 41.3 Å². The largest absolute Gasteiger partial charge is 0.268 e. The lowest BCUT2D eigenvalue weighted by Gasteiger charge is -2.09. The SMILES string of the molecule is Cc1c(-c2cccc3ncccc23)n[nH]c(=O)c1C. The highest BCUT2D eigenvalue weighted by Gasteiger charge is 2.11. The predicted octanol–water partition coefficient (Wildman–Crippen LogP) is 2.60. The van der Waals surface area contributed by atoms with E-state index in [0.29, 0.717) is 5.56 Å². The monoisotopic (exact) mass is 251 g/mol. The summed E-state index contributed by atoms with van der Waals surface area (Å²) < 4.78 is 0. The molecule has 0 aliphatic rings. The number of aromatic nitrogens is 3. The maximum atomic E-state index is 11.6. The number of benzene rings is 1. The van der Waals surface area contributed by atoms with Crippen molar-refractivity contribution in [3.05, 3.63) is 58.0 Å². The van der Waals surface area contributed by atoms with Gasteiger partial charge in [0.1, 0.15) is 0 Å². The van der Waals surface area contributed by atoms with Gasteiger partial charge in [-0.05, 0) is 31.5 Å². The molecule has 3 aromatic rings. The van der Waals surface area contributed by atoms with E-state index in [-0.39, 0.29) is 5.56 Å². The molecule has 19 heavy (non-hydrogen) atoms. The van der Waals surface area contributed by atoms with E-state index in [0.717, 1.165) is 27.7 Å². The van der Waals surface area contributed by atoms with E-state index in [1.54, 1.807) is 6.20 Å². The van der Waals surface area contributed by atoms with E-state index < -0.39 is 0 Å². The highest BCUT2D eigenvalue weighted by molar-refractivity contribution is 5.94. The predicted molar refractivity (Wildman–Crippen MR) is 75.1 cm³/mol. The Morgan fingerprint density at radius 1 is 1.05 bits per heavy atom. The summed E-state index contributed by atoms with van der Waals surface area (Å²) in [5.74, 6) is 0. The molecule has 0 fully saturated rings. The molecule has 2 aromatic heterocycles. The minimum absolute atomic E-state index is 0.139. The molecule has 1 N–H and O–H groups in total. The van der Waals surface area contributed by atoms with Gasteiger partial charge in [-0.2, -0.15) is 5.10 Å². The van der Waals surface area contributed by atoms with E-state index in [2.05, 4.69) is 15.2 Å². The van der Waals surface area contributed by atoms with Crippen molar-refractivity contribution in [2.24, 2.45) is 0 Å². The van der Waals surface area contributed by atoms with Crippen LogP contribution in [0.1, 0.15) is 11.1 Å². The summed E-state index contributed by atoms with van der Waals surface area (Å²) in [4.78, 5) is 15.9. The van der Waals surface area contributed by atoms with Crippen LogP contribution in [0.3, 0.4) is 0 Å². The molecule has 0 radical (unpaired) electrons. The van der Waals surface area contributed by atoms with Gasteiger partial charge in [0.05, 0.1) is 11.2 Å². The van der Waals surface area contributed by atoms with Crippen LogP contribution in [0, 0.1) is 13.8 Å². The van der Waals surface area contributed by atoms with Crippen molar-refractivity contribution in [1.29, 1.82) is 0 Å². The van der Waals surface area contributed by atoms with E-state index in [1.807, 2.05) is 44.2 Å². The Kier molecular flexibility index (Phi) is 2.63. The third-order valence-corrected chi connectivity index (χ3v) is 3.43. The second-order valence-corrected chi connectivity index (χ2v) is 4.53. The van der Waals surface area contributed by atoms with Crippen molar-refractivity contribution in [3.63, 3.8) is 0 Å². The summed E-state index contributed by atoms with van der Waals surface area (Å²) in [5, 5.41) is 7.77. The molecule has 4 nitrogen and oxygen atoms in total. The Morgan fingerprint density at radius 3 is 2.74 bits per heavy atom. The van der Waals surface area contributed by atoms with Gasteiger partial charge in [-0.15, -0.1) is 0 Å². The molecular formula is C15H13N3O. The maximum absolute atomic E-state index is 11.6. The van der Waals surface area contributed by atoms with Crippen molar-refractivity contribution in [1.82, 2.24) is 15.2 Å². The van der Waals surface area contributed by atoms with E-state index in [4.69, 9.17) is 0 Å². The molecular weight excluding hydrogens is 238 g/mol. The number of fused-ring (bicyclic) bond motifs is 1. The molecule has 0 amide bonds. The van der Waals surface area contributed by atoms with Gasteiger partial charge in [-0.3, -0.25) is 9.78 Å². The van der Waals surface area contributed by atoms with Crippen LogP contribution in [-0.4, -0.2) is 15.2 Å². The molecule has 4 heteroatoms. The smallest absolute Gasteiger partial charge is 0.267 e. The zero-order valence-electron chi connectivity index (χ0n) is 10.8. The van der Waals surface area contributed by atoms with E-state index >= 15 is 0 Å². The summed E-state index contributed by atoms with van der Waals surface area (Å²) in [6, 6.07) is 9.83. The number of nitrogens with zero attached hydrogens (tertiary/aromatic N) is 2. The van der Waals surface area contributed by atoms with Crippen LogP contribution in [-0.2, 0) is 0 Å². The van der Waals surface area contributed by atoms with Gasteiger partial charge in [0.2, 0.25) is 0 Å². The fraction of sp³-hybridized carbons (Fsp3) is 0.133. The molecule has 0 aliphatic carbocycles. The average Bonchev–Trinajstić information content (AvgIpc) is 2.45. The number of hydrogen-bond donors (Lipinski definition) is 1. The maximum Gasteiger partial charge on any atom is 0.267 e. The minimum Gasteiger partial charge on any atom is -0.268 e. The van der Waals surface area contributed by atoms with E-state index in [9.17, 15) is 4.79 Å². The molecule has 0 atom stereocenters. The lowest BCUT2D eigenvalue weighted by Crippen LogP contribution is -2.14. The van der Waals surface area contributed by atoms with Crippen LogP contribution >= 0.6 is 0 Å². The third-order valence-electron chi connectivity index (χ3n) is 3.43. The number of nitrogens with one attached hydrogen (secondary N) is 1. The zero-order valence-corrected chi connectivity index (χ0v) is 10.8. The Hall–Kier alpha value is -2.49. The first-order valence-corrected chi connectivity index (χ1v) is 6.08. The molecule has 2 heterocycles. The lowest BCUT2D eigenvalue weighted by molar-refractivity contribution is 0.960. The topological polar surface area (TPSA) is 58.6 Å². The summed E-state index contributed by atoms with van der Waals surface area (Å²) in [7, 11) is 0. The second-order valence-electron chi connectivity index (χ2n) is 4.53. The standard InChI is InChI=1S/C15H13N3O/c1-9-10(2)15(19)18-17-14(9)12-5-3-7-13-11(12)6-4-8-16-13/h3-8H,1-2H3,(H,18,19). The van der Waals surface area contributed by atoms with Crippen molar-refractivity contribution in [2.45, 2.75) is 13.8 Å². The van der Waals surface area contributed by atoms with Crippen LogP contribution < -0.4 is 5.56 Å². The van der Waals surface area contributed by atoms with E-state index in [1.165, 1.54) is 0 Å². The third kappa shape index (κ3) is 1.81. The fourth-order valence-electron chi connectivity index (χ4n) is 2.19. The van der Waals surface area contributed by atoms with Crippen LogP contribution in [0.25, 0.3) is 22.2 Å². The summed E-state index contributed by atoms with van der Waals surface area (Å²) >= 11 is 0. The Labute approximate surface area is 110 Å². The highest BCUT2D eigenvalue weighted by atomic mass is 16.1. The zero-order chi connectivity index (χ0) is 13.4. The average molecular weight is 251 g/mol. The quantitative estimate of drug-likeness (QED) is 0.723. The lowest BCUT2D eigenvalue weighted by atomic mass is 10.0. The molecule has 0 aliphatic heterocycles. The number of pyridine rings is 1. The number of H-pyrrole nitrogens is 1. The molecule has 0 saturated heterocycles. The Bertz CT molecular complexity index is 816. The minimum atomic E-state index is -0.139. The van der Waals surface area contributed by atoms with Gasteiger partial charge in [0.25, 0.3) is 5.56 Å². The summed E-state index contributed by atoms with van der Waals surface area (Å²) in [6.45, 7) is 3.73. The van der Waals surface area contributed by atoms with Crippen LogP contribution in [0.5, 0.6) is 0 Å². The van der Waals surface area contributed by atoms with Crippen LogP contribution in [0.2, 0.25) is 0 Å². The molecule has 1 aromatic carbocycles. The highest BCUT2D eigenvalue weighted by Crippen LogP contribution is 2.28.